The van der Waals surface area contributed by atoms with Crippen LogP contribution < -0.4 is 0 Å². The fourth-order valence-electron chi connectivity index (χ4n) is 2.54. The summed E-state index contributed by atoms with van der Waals surface area (Å²) < 4.78 is 26.6. The molecule has 0 bridgehead atoms. The zero-order valence-electron chi connectivity index (χ0n) is 12.4. The summed E-state index contributed by atoms with van der Waals surface area (Å²) in [6.45, 7) is 7.80. The van der Waals surface area contributed by atoms with Crippen molar-refractivity contribution < 1.29 is 18.3 Å². The van der Waals surface area contributed by atoms with Crippen molar-refractivity contribution in [2.24, 2.45) is 11.3 Å². The third kappa shape index (κ3) is 3.28. The van der Waals surface area contributed by atoms with Crippen molar-refractivity contribution >= 4 is 16.0 Å². The third-order valence-corrected chi connectivity index (χ3v) is 6.80. The number of nitrogens with zero attached hydrogens (tertiary/aromatic N) is 1. The standard InChI is InChI=1S/C13H25NO4S/c1-9(13(2,3)4)14(5)19(17,18)11-8-6-7-10(11)12(15)16/h9-11H,6-8H2,1-5H3,(H,15,16). The Morgan fingerprint density at radius 1 is 1.32 bits per heavy atom. The Morgan fingerprint density at radius 2 is 1.84 bits per heavy atom. The van der Waals surface area contributed by atoms with E-state index in [1.165, 1.54) is 4.31 Å². The summed E-state index contributed by atoms with van der Waals surface area (Å²) >= 11 is 0. The number of carbonyl (C=O) groups is 1. The van der Waals surface area contributed by atoms with Crippen molar-refractivity contribution in [2.45, 2.75) is 58.2 Å². The second-order valence-corrected chi connectivity index (χ2v) is 8.73. The van der Waals surface area contributed by atoms with Crippen LogP contribution in [0.5, 0.6) is 0 Å². The van der Waals surface area contributed by atoms with Gasteiger partial charge < -0.3 is 5.11 Å². The molecule has 1 aliphatic carbocycles. The molecule has 5 nitrogen and oxygen atoms in total. The average Bonchev–Trinajstić information content (AvgIpc) is 2.75. The predicted molar refractivity (Wildman–Crippen MR) is 74.4 cm³/mol. The van der Waals surface area contributed by atoms with E-state index in [2.05, 4.69) is 0 Å². The topological polar surface area (TPSA) is 74.7 Å². The molecule has 6 heteroatoms. The van der Waals surface area contributed by atoms with Gasteiger partial charge in [0.2, 0.25) is 10.0 Å². The van der Waals surface area contributed by atoms with Crippen LogP contribution in [-0.2, 0) is 14.8 Å². The van der Waals surface area contributed by atoms with Crippen LogP contribution in [0.1, 0.15) is 47.0 Å². The first kappa shape index (κ1) is 16.4. The van der Waals surface area contributed by atoms with E-state index in [1.54, 1.807) is 7.05 Å². The summed E-state index contributed by atoms with van der Waals surface area (Å²) in [7, 11) is -2.00. The Hall–Kier alpha value is -0.620. The van der Waals surface area contributed by atoms with E-state index in [4.69, 9.17) is 5.11 Å². The number of aliphatic carboxylic acids is 1. The van der Waals surface area contributed by atoms with Crippen LogP contribution >= 0.6 is 0 Å². The van der Waals surface area contributed by atoms with Gasteiger partial charge in [0.1, 0.15) is 0 Å². The van der Waals surface area contributed by atoms with Crippen LogP contribution in [0.4, 0.5) is 0 Å². The lowest BCUT2D eigenvalue weighted by atomic mass is 9.88. The van der Waals surface area contributed by atoms with Crippen molar-refractivity contribution in [1.82, 2.24) is 4.31 Å². The van der Waals surface area contributed by atoms with Gasteiger partial charge in [-0.2, -0.15) is 0 Å². The molecule has 0 aromatic rings. The van der Waals surface area contributed by atoms with E-state index in [1.807, 2.05) is 27.7 Å². The molecule has 0 aromatic carbocycles. The quantitative estimate of drug-likeness (QED) is 0.859. The Labute approximate surface area is 116 Å². The molecule has 0 spiro atoms. The van der Waals surface area contributed by atoms with Crippen LogP contribution in [0.2, 0.25) is 0 Å². The summed E-state index contributed by atoms with van der Waals surface area (Å²) in [5, 5.41) is 8.37. The van der Waals surface area contributed by atoms with Crippen LogP contribution in [0, 0.1) is 11.3 Å². The summed E-state index contributed by atoms with van der Waals surface area (Å²) in [5.41, 5.74) is -0.181. The van der Waals surface area contributed by atoms with E-state index >= 15 is 0 Å². The maximum absolute atomic E-state index is 12.6. The molecule has 3 atom stereocenters. The molecule has 1 N–H and O–H groups in total. The SMILES string of the molecule is CC(N(C)S(=O)(=O)C1CCCC1C(=O)O)C(C)(C)C. The van der Waals surface area contributed by atoms with Gasteiger partial charge in [-0.3, -0.25) is 4.79 Å². The van der Waals surface area contributed by atoms with Crippen molar-refractivity contribution in [3.8, 4) is 0 Å². The fourth-order valence-corrected chi connectivity index (χ4v) is 4.86. The highest BCUT2D eigenvalue weighted by Gasteiger charge is 2.45. The van der Waals surface area contributed by atoms with Crippen LogP contribution in [-0.4, -0.2) is 42.1 Å². The van der Waals surface area contributed by atoms with E-state index in [0.717, 1.165) is 0 Å². The molecular weight excluding hydrogens is 266 g/mol. The Kier molecular flexibility index (Phi) is 4.67. The molecule has 0 amide bonds. The molecule has 1 aliphatic rings. The summed E-state index contributed by atoms with van der Waals surface area (Å²) in [5.74, 6) is -1.76. The minimum absolute atomic E-state index is 0.174. The second-order valence-electron chi connectivity index (χ2n) is 6.52. The van der Waals surface area contributed by atoms with Crippen molar-refractivity contribution in [3.63, 3.8) is 0 Å². The van der Waals surface area contributed by atoms with Crippen LogP contribution in [0.3, 0.4) is 0 Å². The highest BCUT2D eigenvalue weighted by atomic mass is 32.2. The van der Waals surface area contributed by atoms with Gasteiger partial charge >= 0.3 is 5.97 Å². The molecule has 19 heavy (non-hydrogen) atoms. The van der Waals surface area contributed by atoms with Gasteiger partial charge in [0.05, 0.1) is 11.2 Å². The average molecular weight is 291 g/mol. The van der Waals surface area contributed by atoms with Gasteiger partial charge in [-0.05, 0) is 25.2 Å². The van der Waals surface area contributed by atoms with Gasteiger partial charge in [-0.15, -0.1) is 0 Å². The minimum atomic E-state index is -3.56. The molecule has 1 fully saturated rings. The molecule has 0 aromatic heterocycles. The number of hydrogen-bond donors (Lipinski definition) is 1. The minimum Gasteiger partial charge on any atom is -0.481 e. The maximum atomic E-state index is 12.6. The summed E-state index contributed by atoms with van der Waals surface area (Å²) in [6, 6.07) is -0.174. The number of carboxylic acid groups (broad SMARTS) is 1. The molecule has 3 unspecified atom stereocenters. The molecule has 0 aliphatic heterocycles. The number of carboxylic acids is 1. The van der Waals surface area contributed by atoms with Crippen molar-refractivity contribution in [1.29, 1.82) is 0 Å². The zero-order valence-corrected chi connectivity index (χ0v) is 13.2. The number of rotatable bonds is 4. The number of sulfonamides is 1. The Bertz CT molecular complexity index is 438. The van der Waals surface area contributed by atoms with Gasteiger partial charge in [-0.25, -0.2) is 12.7 Å². The molecule has 1 saturated carbocycles. The van der Waals surface area contributed by atoms with E-state index in [0.29, 0.717) is 19.3 Å². The van der Waals surface area contributed by atoms with Gasteiger partial charge in [0.25, 0.3) is 0 Å². The summed E-state index contributed by atoms with van der Waals surface area (Å²) in [6.07, 6.45) is 1.57. The highest BCUT2D eigenvalue weighted by Crippen LogP contribution is 2.35. The van der Waals surface area contributed by atoms with Crippen molar-refractivity contribution in [2.75, 3.05) is 7.05 Å². The van der Waals surface area contributed by atoms with E-state index in [-0.39, 0.29) is 11.5 Å². The monoisotopic (exact) mass is 291 g/mol. The number of hydrogen-bond acceptors (Lipinski definition) is 3. The Balaban J connectivity index is 3.01. The zero-order chi connectivity index (χ0) is 15.0. The molecule has 1 rings (SSSR count). The largest absolute Gasteiger partial charge is 0.481 e. The highest BCUT2D eigenvalue weighted by molar-refractivity contribution is 7.89. The lowest BCUT2D eigenvalue weighted by Crippen LogP contribution is -2.48. The molecule has 0 saturated heterocycles. The molecule has 0 heterocycles. The van der Waals surface area contributed by atoms with Crippen LogP contribution in [0.25, 0.3) is 0 Å². The molecular formula is C13H25NO4S. The van der Waals surface area contributed by atoms with Crippen molar-refractivity contribution in [3.05, 3.63) is 0 Å². The molecule has 112 valence electrons. The normalized spacial score (nSPS) is 26.6. The van der Waals surface area contributed by atoms with Gasteiger partial charge in [0, 0.05) is 13.1 Å². The van der Waals surface area contributed by atoms with Crippen LogP contribution in [0.15, 0.2) is 0 Å². The first-order valence-corrected chi connectivity index (χ1v) is 8.19. The fraction of sp³-hybridized carbons (Fsp3) is 0.923. The van der Waals surface area contributed by atoms with Gasteiger partial charge in [-0.1, -0.05) is 27.2 Å². The molecule has 0 radical (unpaired) electrons. The van der Waals surface area contributed by atoms with Gasteiger partial charge in [0.15, 0.2) is 0 Å². The lowest BCUT2D eigenvalue weighted by molar-refractivity contribution is -0.141. The Morgan fingerprint density at radius 3 is 2.26 bits per heavy atom. The second kappa shape index (κ2) is 5.40. The maximum Gasteiger partial charge on any atom is 0.307 e. The van der Waals surface area contributed by atoms with E-state index < -0.39 is 27.2 Å². The summed E-state index contributed by atoms with van der Waals surface area (Å²) in [4.78, 5) is 11.2. The lowest BCUT2D eigenvalue weighted by Gasteiger charge is -2.36. The first-order chi connectivity index (χ1) is 8.49. The first-order valence-electron chi connectivity index (χ1n) is 6.69. The third-order valence-electron chi connectivity index (χ3n) is 4.35. The predicted octanol–water partition coefficient (Wildman–Crippen LogP) is 1.94. The van der Waals surface area contributed by atoms with E-state index in [9.17, 15) is 13.2 Å². The smallest absolute Gasteiger partial charge is 0.307 e.